The Hall–Kier alpha value is -1.40. The molecule has 0 aliphatic carbocycles. The van der Waals surface area contributed by atoms with Crippen LogP contribution < -0.4 is 5.32 Å². The fourth-order valence-corrected chi connectivity index (χ4v) is 2.58. The number of rotatable bonds is 0. The van der Waals surface area contributed by atoms with Gasteiger partial charge in [0.2, 0.25) is 0 Å². The van der Waals surface area contributed by atoms with Gasteiger partial charge in [0, 0.05) is 13.1 Å². The van der Waals surface area contributed by atoms with E-state index in [1.165, 1.54) is 18.4 Å². The van der Waals surface area contributed by atoms with Crippen molar-refractivity contribution in [2.45, 2.75) is 4.90 Å². The third kappa shape index (κ3) is 1.11. The van der Waals surface area contributed by atoms with Crippen molar-refractivity contribution >= 4 is 21.7 Å². The molecule has 5 nitrogen and oxygen atoms in total. The Morgan fingerprint density at radius 2 is 1.93 bits per heavy atom. The average molecular weight is 213 g/mol. The zero-order chi connectivity index (χ0) is 10.3. The molecule has 1 heterocycles. The monoisotopic (exact) mass is 213 g/mol. The van der Waals surface area contributed by atoms with Crippen LogP contribution in [0, 0.1) is 0 Å². The van der Waals surface area contributed by atoms with Crippen molar-refractivity contribution in [3.8, 4) is 0 Å². The summed E-state index contributed by atoms with van der Waals surface area (Å²) in [6.45, 7) is 0. The van der Waals surface area contributed by atoms with E-state index in [0.29, 0.717) is 5.69 Å². The molecule has 0 spiro atoms. The van der Waals surface area contributed by atoms with Gasteiger partial charge in [-0.15, -0.1) is 0 Å². The molecule has 0 saturated carbocycles. The van der Waals surface area contributed by atoms with Gasteiger partial charge in [0.05, 0.1) is 0 Å². The maximum Gasteiger partial charge on any atom is 0.434 e. The second kappa shape index (κ2) is 2.79. The molecule has 2 rings (SSSR count). The Morgan fingerprint density at radius 1 is 1.29 bits per heavy atom. The summed E-state index contributed by atoms with van der Waals surface area (Å²) in [5.41, 5.74) is 0.454. The Kier molecular flexibility index (Phi) is 1.83. The van der Waals surface area contributed by atoms with Gasteiger partial charge < -0.3 is 0 Å². The van der Waals surface area contributed by atoms with Crippen molar-refractivity contribution in [1.29, 1.82) is 0 Å². The number of urea groups is 1. The number of carbonyl (C=O) groups is 1. The quantitative estimate of drug-likeness (QED) is 0.598. The van der Waals surface area contributed by atoms with E-state index in [-0.39, 0.29) is 4.90 Å². The highest BCUT2D eigenvalue weighted by molar-refractivity contribution is 7.89. The molecule has 0 fully saturated rings. The second-order valence-electron chi connectivity index (χ2n) is 2.99. The van der Waals surface area contributed by atoms with Gasteiger partial charge in [-0.1, -0.05) is 12.1 Å². The predicted octanol–water partition coefficient (Wildman–Crippen LogP) is -0.364. The average Bonchev–Trinajstić information content (AvgIpc) is 2.15. The number of benzene rings is 1. The van der Waals surface area contributed by atoms with Gasteiger partial charge in [0.25, 0.3) is 10.0 Å². The van der Waals surface area contributed by atoms with Crippen molar-refractivity contribution in [3.63, 3.8) is 0 Å². The molecule has 0 aromatic heterocycles. The van der Waals surface area contributed by atoms with Gasteiger partial charge in [0.1, 0.15) is 4.90 Å². The van der Waals surface area contributed by atoms with Crippen molar-refractivity contribution in [2.75, 3.05) is 7.05 Å². The first-order chi connectivity index (χ1) is 6.53. The van der Waals surface area contributed by atoms with E-state index in [0.717, 1.165) is 4.31 Å². The first-order valence-electron chi connectivity index (χ1n) is 4.00. The number of hydrogen-bond acceptors (Lipinski definition) is 3. The van der Waals surface area contributed by atoms with Gasteiger partial charge in [-0.2, -0.15) is 4.31 Å². The van der Waals surface area contributed by atoms with Crippen LogP contribution in [0.4, 0.5) is 10.5 Å². The summed E-state index contributed by atoms with van der Waals surface area (Å²) < 4.78 is 24.1. The number of para-hydroxylation sites is 1. The van der Waals surface area contributed by atoms with Crippen molar-refractivity contribution in [1.82, 2.24) is 4.31 Å². The maximum absolute atomic E-state index is 11.7. The summed E-state index contributed by atoms with van der Waals surface area (Å²) >= 11 is 0. The Labute approximate surface area is 81.4 Å². The number of fused-ring (bicyclic) bond motifs is 1. The molecule has 14 heavy (non-hydrogen) atoms. The maximum atomic E-state index is 11.7. The molecular formula is C8H9N2O3S+. The first kappa shape index (κ1) is 9.17. The highest BCUT2D eigenvalue weighted by Gasteiger charge is 2.37. The number of hydrogen-bond donors (Lipinski definition) is 1. The van der Waals surface area contributed by atoms with Crippen LogP contribution in [0.3, 0.4) is 0 Å². The van der Waals surface area contributed by atoms with E-state index < -0.39 is 16.1 Å². The smallest absolute Gasteiger partial charge is 0.229 e. The lowest BCUT2D eigenvalue weighted by atomic mass is 10.3. The second-order valence-corrected chi connectivity index (χ2v) is 4.93. The van der Waals surface area contributed by atoms with Crippen molar-refractivity contribution in [3.05, 3.63) is 24.3 Å². The predicted molar refractivity (Wildman–Crippen MR) is 48.4 cm³/mol. The molecular weight excluding hydrogens is 204 g/mol. The highest BCUT2D eigenvalue weighted by atomic mass is 32.2. The fourth-order valence-electron chi connectivity index (χ4n) is 1.32. The Balaban J connectivity index is 2.72. The lowest BCUT2D eigenvalue weighted by Crippen LogP contribution is -2.87. The van der Waals surface area contributed by atoms with E-state index in [1.54, 1.807) is 18.2 Å². The first-order valence-corrected chi connectivity index (χ1v) is 5.44. The molecule has 1 aromatic carbocycles. The van der Waals surface area contributed by atoms with Crippen LogP contribution in [0.15, 0.2) is 29.2 Å². The summed E-state index contributed by atoms with van der Waals surface area (Å²) in [7, 11) is -2.36. The molecule has 0 saturated heterocycles. The van der Waals surface area contributed by atoms with Gasteiger partial charge in [-0.3, -0.25) is 0 Å². The molecule has 74 valence electrons. The molecule has 0 atom stereocenters. The van der Waals surface area contributed by atoms with Crippen LogP contribution in [0.5, 0.6) is 0 Å². The highest BCUT2D eigenvalue weighted by Crippen LogP contribution is 2.22. The third-order valence-electron chi connectivity index (χ3n) is 2.15. The van der Waals surface area contributed by atoms with Crippen LogP contribution in [0.25, 0.3) is 0 Å². The van der Waals surface area contributed by atoms with Gasteiger partial charge >= 0.3 is 6.03 Å². The summed E-state index contributed by atoms with van der Waals surface area (Å²) in [6, 6.07) is 5.92. The summed E-state index contributed by atoms with van der Waals surface area (Å²) in [5.74, 6) is 0. The molecule has 2 N–H and O–H groups in total. The van der Waals surface area contributed by atoms with Gasteiger partial charge in [-0.05, 0) is 6.07 Å². The summed E-state index contributed by atoms with van der Waals surface area (Å²) in [6.07, 6.45) is 0. The van der Waals surface area contributed by atoms with Gasteiger partial charge in [-0.25, -0.2) is 18.5 Å². The topological polar surface area (TPSA) is 71.1 Å². The van der Waals surface area contributed by atoms with E-state index in [2.05, 4.69) is 0 Å². The number of carbonyl (C=O) groups excluding carboxylic acids is 1. The van der Waals surface area contributed by atoms with Crippen molar-refractivity contribution < 1.29 is 18.5 Å². The molecule has 1 aromatic rings. The van der Waals surface area contributed by atoms with E-state index in [9.17, 15) is 13.2 Å². The number of quaternary nitrogens is 1. The van der Waals surface area contributed by atoms with E-state index in [1.807, 2.05) is 0 Å². The summed E-state index contributed by atoms with van der Waals surface area (Å²) in [4.78, 5) is 11.4. The lowest BCUT2D eigenvalue weighted by molar-refractivity contribution is -0.474. The molecule has 2 amide bonds. The van der Waals surface area contributed by atoms with Crippen LogP contribution in [0.1, 0.15) is 0 Å². The Bertz CT molecular complexity index is 495. The minimum atomic E-state index is -3.62. The SMILES string of the molecule is CN1C(=O)[NH2+]c2ccccc2S1(=O)=O. The molecule has 0 unspecified atom stereocenters. The normalized spacial score (nSPS) is 19.2. The van der Waals surface area contributed by atoms with Crippen LogP contribution in [0.2, 0.25) is 0 Å². The molecule has 0 radical (unpaired) electrons. The minimum absolute atomic E-state index is 0.183. The van der Waals surface area contributed by atoms with Gasteiger partial charge in [0.15, 0.2) is 5.69 Å². The molecule has 1 aliphatic rings. The molecule has 6 heteroatoms. The van der Waals surface area contributed by atoms with Crippen LogP contribution >= 0.6 is 0 Å². The number of amides is 2. The number of primary amides is 1. The number of sulfonamides is 1. The largest absolute Gasteiger partial charge is 0.434 e. The molecule has 1 aliphatic heterocycles. The minimum Gasteiger partial charge on any atom is -0.229 e. The van der Waals surface area contributed by atoms with E-state index in [4.69, 9.17) is 0 Å². The van der Waals surface area contributed by atoms with Crippen LogP contribution in [-0.2, 0) is 10.0 Å². The third-order valence-corrected chi connectivity index (χ3v) is 3.98. The number of nitrogens with zero attached hydrogens (tertiary/aromatic N) is 1. The fraction of sp³-hybridized carbons (Fsp3) is 0.125. The zero-order valence-corrected chi connectivity index (χ0v) is 8.28. The summed E-state index contributed by atoms with van der Waals surface area (Å²) in [5, 5.41) is 1.32. The zero-order valence-electron chi connectivity index (χ0n) is 7.47. The lowest BCUT2D eigenvalue weighted by Gasteiger charge is -2.20. The van der Waals surface area contributed by atoms with E-state index >= 15 is 0 Å². The molecule has 0 bridgehead atoms. The Morgan fingerprint density at radius 3 is 2.64 bits per heavy atom. The number of nitrogens with two attached hydrogens (primary N) is 1. The van der Waals surface area contributed by atoms with Crippen molar-refractivity contribution in [2.24, 2.45) is 0 Å². The standard InChI is InChI=1S/C8H8N2O3S/c1-10-8(11)9-6-4-2-3-5-7(6)14(10,12)13/h2-5H,1H3,(H,9,11)/p+1. The van der Waals surface area contributed by atoms with Crippen LogP contribution in [-0.4, -0.2) is 25.8 Å².